The maximum Gasteiger partial charge on any atom is 0.339 e. The number of thiophene rings is 1. The van der Waals surface area contributed by atoms with Crippen LogP contribution in [0.2, 0.25) is 0 Å². The Morgan fingerprint density at radius 1 is 1.23 bits per heavy atom. The van der Waals surface area contributed by atoms with Crippen LogP contribution in [0.25, 0.3) is 0 Å². The SMILES string of the molecule is O=C1OC(C(=O)N(Cc2cccs2)CC2CCCO2)Cc2ccccc21. The van der Waals surface area contributed by atoms with Crippen LogP contribution >= 0.6 is 11.3 Å². The molecule has 2 unspecified atom stereocenters. The van der Waals surface area contributed by atoms with E-state index >= 15 is 0 Å². The lowest BCUT2D eigenvalue weighted by atomic mass is 9.98. The fourth-order valence-electron chi connectivity index (χ4n) is 3.53. The third kappa shape index (κ3) is 3.66. The minimum absolute atomic E-state index is 0.0606. The Balaban J connectivity index is 1.52. The number of ether oxygens (including phenoxy) is 2. The quantitative estimate of drug-likeness (QED) is 0.758. The Morgan fingerprint density at radius 3 is 2.88 bits per heavy atom. The summed E-state index contributed by atoms with van der Waals surface area (Å²) in [7, 11) is 0. The average molecular weight is 371 g/mol. The van der Waals surface area contributed by atoms with Gasteiger partial charge in [-0.2, -0.15) is 0 Å². The summed E-state index contributed by atoms with van der Waals surface area (Å²) < 4.78 is 11.2. The number of amides is 1. The van der Waals surface area contributed by atoms with Crippen LogP contribution in [0, 0.1) is 0 Å². The second-order valence-electron chi connectivity index (χ2n) is 6.69. The molecule has 1 aromatic carbocycles. The van der Waals surface area contributed by atoms with Crippen molar-refractivity contribution in [3.8, 4) is 0 Å². The number of cyclic esters (lactones) is 1. The van der Waals surface area contributed by atoms with Crippen molar-refractivity contribution in [2.24, 2.45) is 0 Å². The molecule has 0 radical (unpaired) electrons. The monoisotopic (exact) mass is 371 g/mol. The summed E-state index contributed by atoms with van der Waals surface area (Å²) in [6.07, 6.45) is 1.70. The van der Waals surface area contributed by atoms with Crippen LogP contribution in [-0.4, -0.2) is 42.1 Å². The second kappa shape index (κ2) is 7.60. The molecular formula is C20H21NO4S. The van der Waals surface area contributed by atoms with Crippen LogP contribution in [-0.2, 0) is 27.2 Å². The van der Waals surface area contributed by atoms with Crippen LogP contribution in [0.15, 0.2) is 41.8 Å². The van der Waals surface area contributed by atoms with Gasteiger partial charge in [0.05, 0.1) is 18.2 Å². The first-order chi connectivity index (χ1) is 12.7. The molecule has 2 aliphatic heterocycles. The molecule has 0 aliphatic carbocycles. The largest absolute Gasteiger partial charge is 0.448 e. The minimum atomic E-state index is -0.765. The van der Waals surface area contributed by atoms with Crippen molar-refractivity contribution in [2.75, 3.05) is 13.2 Å². The summed E-state index contributed by atoms with van der Waals surface area (Å²) in [5, 5.41) is 2.00. The highest BCUT2D eigenvalue weighted by molar-refractivity contribution is 7.09. The third-order valence-electron chi connectivity index (χ3n) is 4.85. The number of carbonyl (C=O) groups is 2. The Labute approximate surface area is 156 Å². The fraction of sp³-hybridized carbons (Fsp3) is 0.400. The van der Waals surface area contributed by atoms with E-state index in [0.717, 1.165) is 29.9 Å². The molecule has 5 nitrogen and oxygen atoms in total. The van der Waals surface area contributed by atoms with Gasteiger partial charge in [0.1, 0.15) is 0 Å². The number of rotatable bonds is 5. The lowest BCUT2D eigenvalue weighted by Gasteiger charge is -2.31. The van der Waals surface area contributed by atoms with Gasteiger partial charge in [0.15, 0.2) is 6.10 Å². The van der Waals surface area contributed by atoms with Crippen LogP contribution in [0.5, 0.6) is 0 Å². The molecule has 26 heavy (non-hydrogen) atoms. The van der Waals surface area contributed by atoms with E-state index in [-0.39, 0.29) is 12.0 Å². The van der Waals surface area contributed by atoms with E-state index in [1.54, 1.807) is 22.3 Å². The van der Waals surface area contributed by atoms with E-state index in [0.29, 0.717) is 25.1 Å². The number of esters is 1. The third-order valence-corrected chi connectivity index (χ3v) is 5.71. The van der Waals surface area contributed by atoms with E-state index in [2.05, 4.69) is 0 Å². The number of hydrogen-bond acceptors (Lipinski definition) is 5. The highest BCUT2D eigenvalue weighted by Crippen LogP contribution is 2.24. The topological polar surface area (TPSA) is 55.8 Å². The molecule has 0 N–H and O–H groups in total. The average Bonchev–Trinajstić information content (AvgIpc) is 3.34. The summed E-state index contributed by atoms with van der Waals surface area (Å²) in [6, 6.07) is 11.3. The molecule has 2 atom stereocenters. The molecule has 0 spiro atoms. The van der Waals surface area contributed by atoms with Crippen molar-refractivity contribution < 1.29 is 19.1 Å². The molecule has 2 aliphatic rings. The molecule has 1 aromatic heterocycles. The molecular weight excluding hydrogens is 350 g/mol. The number of carbonyl (C=O) groups excluding carboxylic acids is 2. The molecule has 1 amide bonds. The van der Waals surface area contributed by atoms with Gasteiger partial charge in [0.25, 0.3) is 5.91 Å². The summed E-state index contributed by atoms with van der Waals surface area (Å²) in [5.74, 6) is -0.560. The Bertz CT molecular complexity index is 783. The first kappa shape index (κ1) is 17.2. The molecule has 1 saturated heterocycles. The van der Waals surface area contributed by atoms with Crippen LogP contribution in [0.3, 0.4) is 0 Å². The van der Waals surface area contributed by atoms with E-state index in [1.807, 2.05) is 35.7 Å². The molecule has 0 saturated carbocycles. The van der Waals surface area contributed by atoms with Crippen LogP contribution in [0.4, 0.5) is 0 Å². The highest BCUT2D eigenvalue weighted by atomic mass is 32.1. The zero-order valence-corrected chi connectivity index (χ0v) is 15.2. The lowest BCUT2D eigenvalue weighted by Crippen LogP contribution is -2.46. The molecule has 6 heteroatoms. The van der Waals surface area contributed by atoms with E-state index in [9.17, 15) is 9.59 Å². The van der Waals surface area contributed by atoms with Gasteiger partial charge in [-0.25, -0.2) is 4.79 Å². The van der Waals surface area contributed by atoms with E-state index < -0.39 is 12.1 Å². The molecule has 2 aromatic rings. The standard InChI is InChI=1S/C20H21NO4S/c22-19(18-11-14-5-1-2-8-17(14)20(23)25-18)21(12-15-6-3-9-24-15)13-16-7-4-10-26-16/h1-2,4-5,7-8,10,15,18H,3,6,9,11-13H2. The van der Waals surface area contributed by atoms with E-state index in [1.165, 1.54) is 0 Å². The van der Waals surface area contributed by atoms with Gasteiger partial charge in [0.2, 0.25) is 0 Å². The number of fused-ring (bicyclic) bond motifs is 1. The molecule has 0 bridgehead atoms. The van der Waals surface area contributed by atoms with Crippen molar-refractivity contribution in [1.82, 2.24) is 4.90 Å². The van der Waals surface area contributed by atoms with Gasteiger partial charge in [-0.3, -0.25) is 4.79 Å². The van der Waals surface area contributed by atoms with Crippen molar-refractivity contribution in [3.63, 3.8) is 0 Å². The van der Waals surface area contributed by atoms with Crippen molar-refractivity contribution >= 4 is 23.2 Å². The smallest absolute Gasteiger partial charge is 0.339 e. The van der Waals surface area contributed by atoms with Crippen molar-refractivity contribution in [3.05, 3.63) is 57.8 Å². The molecule has 4 rings (SSSR count). The van der Waals surface area contributed by atoms with Gasteiger partial charge in [-0.05, 0) is 35.9 Å². The highest BCUT2D eigenvalue weighted by Gasteiger charge is 2.35. The summed E-state index contributed by atoms with van der Waals surface area (Å²) in [4.78, 5) is 28.3. The summed E-state index contributed by atoms with van der Waals surface area (Å²) >= 11 is 1.62. The van der Waals surface area contributed by atoms with Crippen LogP contribution < -0.4 is 0 Å². The van der Waals surface area contributed by atoms with E-state index in [4.69, 9.17) is 9.47 Å². The van der Waals surface area contributed by atoms with Gasteiger partial charge in [-0.15, -0.1) is 11.3 Å². The number of benzene rings is 1. The molecule has 1 fully saturated rings. The fourth-order valence-corrected chi connectivity index (χ4v) is 4.25. The van der Waals surface area contributed by atoms with Gasteiger partial charge in [0, 0.05) is 24.4 Å². The Kier molecular flexibility index (Phi) is 5.04. The number of nitrogens with zero attached hydrogens (tertiary/aromatic N) is 1. The second-order valence-corrected chi connectivity index (χ2v) is 7.72. The Hall–Kier alpha value is -2.18. The predicted octanol–water partition coefficient (Wildman–Crippen LogP) is 3.04. The summed E-state index contributed by atoms with van der Waals surface area (Å²) in [6.45, 7) is 1.80. The minimum Gasteiger partial charge on any atom is -0.448 e. The first-order valence-corrected chi connectivity index (χ1v) is 9.80. The normalized spacial score (nSPS) is 21.9. The zero-order chi connectivity index (χ0) is 17.9. The predicted molar refractivity (Wildman–Crippen MR) is 98.1 cm³/mol. The van der Waals surface area contributed by atoms with Gasteiger partial charge >= 0.3 is 5.97 Å². The maximum atomic E-state index is 13.2. The maximum absolute atomic E-state index is 13.2. The van der Waals surface area contributed by atoms with Crippen molar-refractivity contribution in [1.29, 1.82) is 0 Å². The number of hydrogen-bond donors (Lipinski definition) is 0. The van der Waals surface area contributed by atoms with Gasteiger partial charge < -0.3 is 14.4 Å². The molecule has 3 heterocycles. The van der Waals surface area contributed by atoms with Crippen LogP contribution in [0.1, 0.15) is 33.6 Å². The van der Waals surface area contributed by atoms with Crippen molar-refractivity contribution in [2.45, 2.75) is 38.0 Å². The first-order valence-electron chi connectivity index (χ1n) is 8.92. The lowest BCUT2D eigenvalue weighted by molar-refractivity contribution is -0.143. The molecule has 136 valence electrons. The summed E-state index contributed by atoms with van der Waals surface area (Å²) in [5.41, 5.74) is 1.43. The van der Waals surface area contributed by atoms with Gasteiger partial charge in [-0.1, -0.05) is 24.3 Å². The Morgan fingerprint density at radius 2 is 2.12 bits per heavy atom. The zero-order valence-electron chi connectivity index (χ0n) is 14.4.